The fourth-order valence-electron chi connectivity index (χ4n) is 1.87. The van der Waals surface area contributed by atoms with E-state index < -0.39 is 0 Å². The Morgan fingerprint density at radius 3 is 2.80 bits per heavy atom. The average Bonchev–Trinajstić information content (AvgIpc) is 2.75. The third-order valence-electron chi connectivity index (χ3n) is 3.24. The van der Waals surface area contributed by atoms with Crippen LogP contribution in [0.3, 0.4) is 0 Å². The first-order chi connectivity index (χ1) is 9.56. The summed E-state index contributed by atoms with van der Waals surface area (Å²) in [5, 5.41) is 7.66. The SMILES string of the molecule is Cc1c(CNc2cccc(OCC(C)C)c2)cnn1C. The molecule has 0 unspecified atom stereocenters. The first-order valence-corrected chi connectivity index (χ1v) is 7.00. The maximum Gasteiger partial charge on any atom is 0.121 e. The Kier molecular flexibility index (Phi) is 4.66. The van der Waals surface area contributed by atoms with Crippen LogP contribution >= 0.6 is 0 Å². The lowest BCUT2D eigenvalue weighted by Gasteiger charge is -2.11. The second-order valence-electron chi connectivity index (χ2n) is 5.47. The lowest BCUT2D eigenvalue weighted by Crippen LogP contribution is -2.05. The minimum atomic E-state index is 0.532. The Morgan fingerprint density at radius 1 is 1.35 bits per heavy atom. The van der Waals surface area contributed by atoms with E-state index in [0.29, 0.717) is 5.92 Å². The second kappa shape index (κ2) is 6.46. The Balaban J connectivity index is 1.96. The summed E-state index contributed by atoms with van der Waals surface area (Å²) in [5.41, 5.74) is 3.46. The molecule has 0 fully saturated rings. The zero-order valence-electron chi connectivity index (χ0n) is 12.7. The molecule has 0 atom stereocenters. The molecule has 1 aromatic carbocycles. The highest BCUT2D eigenvalue weighted by Crippen LogP contribution is 2.19. The molecule has 0 bridgehead atoms. The van der Waals surface area contributed by atoms with E-state index in [1.54, 1.807) is 0 Å². The van der Waals surface area contributed by atoms with E-state index in [1.165, 1.54) is 11.3 Å². The summed E-state index contributed by atoms with van der Waals surface area (Å²) in [6.07, 6.45) is 1.90. The summed E-state index contributed by atoms with van der Waals surface area (Å²) >= 11 is 0. The lowest BCUT2D eigenvalue weighted by atomic mass is 10.2. The molecule has 4 heteroatoms. The van der Waals surface area contributed by atoms with Crippen molar-refractivity contribution < 1.29 is 4.74 Å². The van der Waals surface area contributed by atoms with Crippen molar-refractivity contribution in [3.05, 3.63) is 41.7 Å². The molecule has 0 amide bonds. The van der Waals surface area contributed by atoms with Gasteiger partial charge in [-0.25, -0.2) is 0 Å². The second-order valence-corrected chi connectivity index (χ2v) is 5.47. The third kappa shape index (κ3) is 3.76. The molecule has 108 valence electrons. The minimum Gasteiger partial charge on any atom is -0.493 e. The smallest absolute Gasteiger partial charge is 0.121 e. The van der Waals surface area contributed by atoms with Crippen LogP contribution in [0.15, 0.2) is 30.5 Å². The van der Waals surface area contributed by atoms with Gasteiger partial charge >= 0.3 is 0 Å². The van der Waals surface area contributed by atoms with Crippen molar-refractivity contribution in [3.8, 4) is 5.75 Å². The van der Waals surface area contributed by atoms with Gasteiger partial charge < -0.3 is 10.1 Å². The summed E-state index contributed by atoms with van der Waals surface area (Å²) in [6, 6.07) is 8.08. The number of benzene rings is 1. The van der Waals surface area contributed by atoms with Crippen LogP contribution in [0.4, 0.5) is 5.69 Å². The highest BCUT2D eigenvalue weighted by molar-refractivity contribution is 5.48. The fourth-order valence-corrected chi connectivity index (χ4v) is 1.87. The van der Waals surface area contributed by atoms with Crippen molar-refractivity contribution >= 4 is 5.69 Å². The van der Waals surface area contributed by atoms with Gasteiger partial charge in [-0.05, 0) is 25.0 Å². The quantitative estimate of drug-likeness (QED) is 0.877. The highest BCUT2D eigenvalue weighted by Gasteiger charge is 2.04. The Morgan fingerprint density at radius 2 is 2.15 bits per heavy atom. The minimum absolute atomic E-state index is 0.532. The normalized spacial score (nSPS) is 10.8. The van der Waals surface area contributed by atoms with E-state index in [0.717, 1.165) is 24.6 Å². The van der Waals surface area contributed by atoms with Crippen LogP contribution in [-0.4, -0.2) is 16.4 Å². The molecular formula is C16H23N3O. The van der Waals surface area contributed by atoms with E-state index in [4.69, 9.17) is 4.74 Å². The predicted octanol–water partition coefficient (Wildman–Crippen LogP) is 3.38. The van der Waals surface area contributed by atoms with E-state index in [-0.39, 0.29) is 0 Å². The van der Waals surface area contributed by atoms with Gasteiger partial charge in [-0.3, -0.25) is 4.68 Å². The number of nitrogens with zero attached hydrogens (tertiary/aromatic N) is 2. The maximum absolute atomic E-state index is 5.73. The van der Waals surface area contributed by atoms with Crippen molar-refractivity contribution in [2.24, 2.45) is 13.0 Å². The molecule has 1 N–H and O–H groups in total. The summed E-state index contributed by atoms with van der Waals surface area (Å²) in [7, 11) is 1.96. The summed E-state index contributed by atoms with van der Waals surface area (Å²) in [6.45, 7) is 7.88. The number of aromatic nitrogens is 2. The van der Waals surface area contributed by atoms with Crippen LogP contribution in [0.2, 0.25) is 0 Å². The molecular weight excluding hydrogens is 250 g/mol. The number of aryl methyl sites for hydroxylation is 1. The van der Waals surface area contributed by atoms with Gasteiger partial charge in [0.05, 0.1) is 12.8 Å². The van der Waals surface area contributed by atoms with Crippen molar-refractivity contribution in [2.45, 2.75) is 27.3 Å². The van der Waals surface area contributed by atoms with Crippen LogP contribution < -0.4 is 10.1 Å². The van der Waals surface area contributed by atoms with Crippen LogP contribution in [-0.2, 0) is 13.6 Å². The molecule has 0 aliphatic carbocycles. The van der Waals surface area contributed by atoms with Gasteiger partial charge in [0.15, 0.2) is 0 Å². The van der Waals surface area contributed by atoms with Gasteiger partial charge in [0.2, 0.25) is 0 Å². The standard InChI is InChI=1S/C16H23N3O/c1-12(2)11-20-16-7-5-6-15(8-16)17-9-14-10-18-19(4)13(14)3/h5-8,10,12,17H,9,11H2,1-4H3. The van der Waals surface area contributed by atoms with E-state index >= 15 is 0 Å². The number of rotatable bonds is 6. The molecule has 4 nitrogen and oxygen atoms in total. The van der Waals surface area contributed by atoms with Gasteiger partial charge in [-0.15, -0.1) is 0 Å². The summed E-state index contributed by atoms with van der Waals surface area (Å²) < 4.78 is 7.62. The monoisotopic (exact) mass is 273 g/mol. The molecule has 0 saturated carbocycles. The van der Waals surface area contributed by atoms with Crippen LogP contribution in [0.25, 0.3) is 0 Å². The number of ether oxygens (including phenoxy) is 1. The van der Waals surface area contributed by atoms with E-state index in [1.807, 2.05) is 42.2 Å². The van der Waals surface area contributed by atoms with Crippen molar-refractivity contribution in [1.82, 2.24) is 9.78 Å². The van der Waals surface area contributed by atoms with E-state index in [2.05, 4.69) is 31.2 Å². The molecule has 0 saturated heterocycles. The van der Waals surface area contributed by atoms with Crippen LogP contribution in [0.1, 0.15) is 25.1 Å². The van der Waals surface area contributed by atoms with Crippen LogP contribution in [0, 0.1) is 12.8 Å². The lowest BCUT2D eigenvalue weighted by molar-refractivity contribution is 0.271. The first-order valence-electron chi connectivity index (χ1n) is 7.00. The largest absolute Gasteiger partial charge is 0.493 e. The molecule has 0 spiro atoms. The summed E-state index contributed by atoms with van der Waals surface area (Å²) in [5.74, 6) is 1.44. The molecule has 20 heavy (non-hydrogen) atoms. The molecule has 2 aromatic rings. The third-order valence-corrected chi connectivity index (χ3v) is 3.24. The zero-order valence-corrected chi connectivity index (χ0v) is 12.7. The number of nitrogens with one attached hydrogen (secondary N) is 1. The van der Waals surface area contributed by atoms with E-state index in [9.17, 15) is 0 Å². The first kappa shape index (κ1) is 14.4. The molecule has 2 rings (SSSR count). The molecule has 0 aliphatic rings. The Bertz CT molecular complexity index is 561. The van der Waals surface area contributed by atoms with Gasteiger partial charge in [-0.1, -0.05) is 19.9 Å². The number of hydrogen-bond acceptors (Lipinski definition) is 3. The maximum atomic E-state index is 5.73. The zero-order chi connectivity index (χ0) is 14.5. The molecule has 0 aliphatic heterocycles. The van der Waals surface area contributed by atoms with Crippen LogP contribution in [0.5, 0.6) is 5.75 Å². The fraction of sp³-hybridized carbons (Fsp3) is 0.438. The molecule has 0 radical (unpaired) electrons. The van der Waals surface area contributed by atoms with Crippen molar-refractivity contribution in [1.29, 1.82) is 0 Å². The summed E-state index contributed by atoms with van der Waals surface area (Å²) in [4.78, 5) is 0. The molecule has 1 aromatic heterocycles. The number of anilines is 1. The van der Waals surface area contributed by atoms with Crippen molar-refractivity contribution in [3.63, 3.8) is 0 Å². The van der Waals surface area contributed by atoms with Gasteiger partial charge in [0.25, 0.3) is 0 Å². The van der Waals surface area contributed by atoms with Crippen molar-refractivity contribution in [2.75, 3.05) is 11.9 Å². The highest BCUT2D eigenvalue weighted by atomic mass is 16.5. The Labute approximate surface area is 120 Å². The predicted molar refractivity (Wildman–Crippen MR) is 82.0 cm³/mol. The van der Waals surface area contributed by atoms with Gasteiger partial charge in [0, 0.05) is 36.6 Å². The number of hydrogen-bond donors (Lipinski definition) is 1. The van der Waals surface area contributed by atoms with Gasteiger partial charge in [-0.2, -0.15) is 5.10 Å². The van der Waals surface area contributed by atoms with Gasteiger partial charge in [0.1, 0.15) is 5.75 Å². The molecule has 1 heterocycles. The average molecular weight is 273 g/mol. The topological polar surface area (TPSA) is 39.1 Å². The Hall–Kier alpha value is -1.97.